The second kappa shape index (κ2) is 10.3. The molecule has 3 rings (SSSR count). The van der Waals surface area contributed by atoms with Crippen LogP contribution in [0.1, 0.15) is 31.4 Å². The third-order valence-corrected chi connectivity index (χ3v) is 4.83. The van der Waals surface area contributed by atoms with Gasteiger partial charge in [0.25, 0.3) is 0 Å². The third-order valence-electron chi connectivity index (χ3n) is 4.83. The lowest BCUT2D eigenvalue weighted by Gasteiger charge is -2.20. The summed E-state index contributed by atoms with van der Waals surface area (Å²) in [5, 5.41) is 7.40. The van der Waals surface area contributed by atoms with E-state index in [-0.39, 0.29) is 24.2 Å². The summed E-state index contributed by atoms with van der Waals surface area (Å²) >= 11 is 0. The first kappa shape index (κ1) is 20.5. The molecule has 1 aromatic carbocycles. The number of aromatic nitrogens is 1. The van der Waals surface area contributed by atoms with Gasteiger partial charge in [-0.2, -0.15) is 0 Å². The monoisotopic (exact) mass is 377 g/mol. The zero-order valence-corrected chi connectivity index (χ0v) is 16.1. The maximum Gasteiger partial charge on any atom is 0.226 e. The van der Waals surface area contributed by atoms with Gasteiger partial charge in [0, 0.05) is 38.2 Å². The molecule has 0 aliphatic carbocycles. The zero-order valence-electron chi connectivity index (χ0n) is 15.3. The number of amides is 1. The third kappa shape index (κ3) is 5.58. The minimum Gasteiger partial charge on any atom is -0.361 e. The molecule has 142 valence electrons. The number of benzene rings is 1. The van der Waals surface area contributed by atoms with E-state index < -0.39 is 0 Å². The molecule has 1 amide bonds. The zero-order chi connectivity index (χ0) is 17.5. The smallest absolute Gasteiger partial charge is 0.226 e. The van der Waals surface area contributed by atoms with Crippen LogP contribution in [0.4, 0.5) is 0 Å². The Bertz CT molecular complexity index is 669. The summed E-state index contributed by atoms with van der Waals surface area (Å²) in [5.41, 5.74) is 1.98. The van der Waals surface area contributed by atoms with Gasteiger partial charge in [0.05, 0.1) is 5.92 Å². The van der Waals surface area contributed by atoms with Gasteiger partial charge in [-0.25, -0.2) is 0 Å². The van der Waals surface area contributed by atoms with E-state index in [1.54, 1.807) is 0 Å². The Morgan fingerprint density at radius 2 is 2.08 bits per heavy atom. The molecule has 1 aliphatic heterocycles. The van der Waals surface area contributed by atoms with Crippen molar-refractivity contribution in [3.63, 3.8) is 0 Å². The molecule has 1 aromatic heterocycles. The molecule has 1 N–H and O–H groups in total. The summed E-state index contributed by atoms with van der Waals surface area (Å²) in [5.74, 6) is 1.39. The molecule has 0 saturated carbocycles. The molecule has 1 atom stereocenters. The van der Waals surface area contributed by atoms with E-state index in [4.69, 9.17) is 4.52 Å². The SMILES string of the molecule is CN(CCCCCc1cc(-c2ccccc2)no1)C(=O)C1CCNC1.Cl. The Labute approximate surface area is 161 Å². The van der Waals surface area contributed by atoms with Crippen molar-refractivity contribution < 1.29 is 9.32 Å². The highest BCUT2D eigenvalue weighted by Crippen LogP contribution is 2.19. The van der Waals surface area contributed by atoms with Crippen LogP contribution in [0.3, 0.4) is 0 Å². The fourth-order valence-electron chi connectivity index (χ4n) is 3.29. The van der Waals surface area contributed by atoms with Crippen LogP contribution in [0.15, 0.2) is 40.9 Å². The minimum atomic E-state index is 0. The standard InChI is InChI=1S/C20H27N3O2.ClH/c1-23(20(24)17-11-12-21-15-17)13-7-3-6-10-18-14-19(22-25-18)16-8-4-2-5-9-16;/h2,4-5,8-9,14,17,21H,3,6-7,10-13,15H2,1H3;1H. The number of carbonyl (C=O) groups is 1. The number of halogens is 1. The van der Waals surface area contributed by atoms with Crippen molar-refractivity contribution in [3.8, 4) is 11.3 Å². The topological polar surface area (TPSA) is 58.4 Å². The van der Waals surface area contributed by atoms with Gasteiger partial charge in [0.15, 0.2) is 0 Å². The van der Waals surface area contributed by atoms with Crippen LogP contribution in [0, 0.1) is 5.92 Å². The van der Waals surface area contributed by atoms with E-state index in [0.717, 1.165) is 68.8 Å². The molecule has 1 unspecified atom stereocenters. The van der Waals surface area contributed by atoms with Crippen LogP contribution in [-0.2, 0) is 11.2 Å². The molecule has 5 nitrogen and oxygen atoms in total. The van der Waals surface area contributed by atoms with E-state index in [9.17, 15) is 4.79 Å². The number of aryl methyl sites for hydroxylation is 1. The fourth-order valence-corrected chi connectivity index (χ4v) is 3.29. The predicted octanol–water partition coefficient (Wildman–Crippen LogP) is 3.54. The van der Waals surface area contributed by atoms with Crippen molar-refractivity contribution in [1.82, 2.24) is 15.4 Å². The van der Waals surface area contributed by atoms with Gasteiger partial charge in [-0.3, -0.25) is 4.79 Å². The molecule has 6 heteroatoms. The number of unbranched alkanes of at least 4 members (excludes halogenated alkanes) is 2. The summed E-state index contributed by atoms with van der Waals surface area (Å²) in [6.07, 6.45) is 5.03. The second-order valence-electron chi connectivity index (χ2n) is 6.80. The molecule has 2 heterocycles. The molecule has 0 bridgehead atoms. The van der Waals surface area contributed by atoms with Crippen molar-refractivity contribution in [3.05, 3.63) is 42.2 Å². The molecule has 0 radical (unpaired) electrons. The second-order valence-corrected chi connectivity index (χ2v) is 6.80. The van der Waals surface area contributed by atoms with E-state index in [1.807, 2.05) is 48.3 Å². The van der Waals surface area contributed by atoms with Crippen LogP contribution in [-0.4, -0.2) is 42.6 Å². The first-order valence-corrected chi connectivity index (χ1v) is 9.21. The maximum absolute atomic E-state index is 12.2. The lowest BCUT2D eigenvalue weighted by Crippen LogP contribution is -2.34. The van der Waals surface area contributed by atoms with Crippen LogP contribution in [0.2, 0.25) is 0 Å². The van der Waals surface area contributed by atoms with Crippen molar-refractivity contribution in [2.45, 2.75) is 32.1 Å². The predicted molar refractivity (Wildman–Crippen MR) is 105 cm³/mol. The van der Waals surface area contributed by atoms with E-state index in [0.29, 0.717) is 0 Å². The Kier molecular flexibility index (Phi) is 8.13. The van der Waals surface area contributed by atoms with Gasteiger partial charge in [0.1, 0.15) is 11.5 Å². The Morgan fingerprint density at radius 1 is 1.27 bits per heavy atom. The first-order valence-electron chi connectivity index (χ1n) is 9.21. The summed E-state index contributed by atoms with van der Waals surface area (Å²) in [4.78, 5) is 14.1. The highest BCUT2D eigenvalue weighted by molar-refractivity contribution is 5.85. The van der Waals surface area contributed by atoms with Crippen LogP contribution >= 0.6 is 12.4 Å². The molecule has 26 heavy (non-hydrogen) atoms. The van der Waals surface area contributed by atoms with Gasteiger partial charge in [-0.15, -0.1) is 12.4 Å². The van der Waals surface area contributed by atoms with Gasteiger partial charge in [-0.05, 0) is 25.8 Å². The highest BCUT2D eigenvalue weighted by Gasteiger charge is 2.24. The molecule has 1 fully saturated rings. The average Bonchev–Trinajstić information content (AvgIpc) is 3.33. The molecule has 1 saturated heterocycles. The average molecular weight is 378 g/mol. The Morgan fingerprint density at radius 3 is 2.81 bits per heavy atom. The number of hydrogen-bond acceptors (Lipinski definition) is 4. The van der Waals surface area contributed by atoms with Crippen molar-refractivity contribution >= 4 is 18.3 Å². The number of carbonyl (C=O) groups excluding carboxylic acids is 1. The minimum absolute atomic E-state index is 0. The Balaban J connectivity index is 0.00000243. The quantitative estimate of drug-likeness (QED) is 0.715. The number of nitrogens with zero attached hydrogens (tertiary/aromatic N) is 2. The van der Waals surface area contributed by atoms with Crippen LogP contribution < -0.4 is 5.32 Å². The van der Waals surface area contributed by atoms with E-state index in [1.165, 1.54) is 0 Å². The number of nitrogens with one attached hydrogen (secondary N) is 1. The van der Waals surface area contributed by atoms with Crippen LogP contribution in [0.5, 0.6) is 0 Å². The summed E-state index contributed by atoms with van der Waals surface area (Å²) in [6.45, 7) is 2.63. The summed E-state index contributed by atoms with van der Waals surface area (Å²) < 4.78 is 5.43. The van der Waals surface area contributed by atoms with E-state index in [2.05, 4.69) is 10.5 Å². The molecular weight excluding hydrogens is 350 g/mol. The van der Waals surface area contributed by atoms with Crippen molar-refractivity contribution in [2.75, 3.05) is 26.7 Å². The van der Waals surface area contributed by atoms with Gasteiger partial charge < -0.3 is 14.7 Å². The first-order chi connectivity index (χ1) is 12.2. The van der Waals surface area contributed by atoms with Gasteiger partial charge in [0.2, 0.25) is 5.91 Å². The fraction of sp³-hybridized carbons (Fsp3) is 0.500. The molecule has 1 aliphatic rings. The van der Waals surface area contributed by atoms with Gasteiger partial charge >= 0.3 is 0 Å². The number of hydrogen-bond donors (Lipinski definition) is 1. The summed E-state index contributed by atoms with van der Waals surface area (Å²) in [7, 11) is 1.92. The summed E-state index contributed by atoms with van der Waals surface area (Å²) in [6, 6.07) is 12.1. The molecular formula is C20H28ClN3O2. The van der Waals surface area contributed by atoms with Crippen molar-refractivity contribution in [2.24, 2.45) is 5.92 Å². The number of rotatable bonds is 8. The Hall–Kier alpha value is -1.85. The normalized spacial score (nSPS) is 16.3. The lowest BCUT2D eigenvalue weighted by atomic mass is 10.1. The van der Waals surface area contributed by atoms with Crippen molar-refractivity contribution in [1.29, 1.82) is 0 Å². The van der Waals surface area contributed by atoms with E-state index >= 15 is 0 Å². The van der Waals surface area contributed by atoms with Gasteiger partial charge in [-0.1, -0.05) is 41.9 Å². The lowest BCUT2D eigenvalue weighted by molar-refractivity contribution is -0.133. The maximum atomic E-state index is 12.2. The largest absolute Gasteiger partial charge is 0.361 e. The molecule has 2 aromatic rings. The molecule has 0 spiro atoms. The highest BCUT2D eigenvalue weighted by atomic mass is 35.5. The van der Waals surface area contributed by atoms with Crippen LogP contribution in [0.25, 0.3) is 11.3 Å².